The number of anilines is 1. The number of nitrogens with one attached hydrogen (secondary N) is 1. The summed E-state index contributed by atoms with van der Waals surface area (Å²) in [7, 11) is 0. The van der Waals surface area contributed by atoms with Gasteiger partial charge in [-0.2, -0.15) is 0 Å². The first kappa shape index (κ1) is 18.4. The van der Waals surface area contributed by atoms with Gasteiger partial charge in [0, 0.05) is 50.2 Å². The molecule has 2 aliphatic rings. The fourth-order valence-electron chi connectivity index (χ4n) is 3.04. The lowest BCUT2D eigenvalue weighted by Crippen LogP contribution is -2.30. The van der Waals surface area contributed by atoms with Gasteiger partial charge in [0.25, 0.3) is 0 Å². The molecule has 0 bridgehead atoms. The van der Waals surface area contributed by atoms with Crippen LogP contribution in [0.25, 0.3) is 0 Å². The van der Waals surface area contributed by atoms with Crippen molar-refractivity contribution >= 4 is 30.8 Å². The summed E-state index contributed by atoms with van der Waals surface area (Å²) in [5.41, 5.74) is 7.42. The van der Waals surface area contributed by atoms with E-state index < -0.39 is 0 Å². The van der Waals surface area contributed by atoms with E-state index in [1.165, 1.54) is 18.4 Å². The van der Waals surface area contributed by atoms with Crippen LogP contribution in [0.3, 0.4) is 0 Å². The van der Waals surface area contributed by atoms with Crippen molar-refractivity contribution in [3.63, 3.8) is 0 Å². The molecule has 3 rings (SSSR count). The molecule has 1 aliphatic carbocycles. The van der Waals surface area contributed by atoms with Crippen LogP contribution in [-0.2, 0) is 6.54 Å². The number of nitrogens with zero attached hydrogens (tertiary/aromatic N) is 3. The molecular formula is C14H25Cl2N5. The van der Waals surface area contributed by atoms with Gasteiger partial charge in [-0.25, -0.2) is 9.97 Å². The van der Waals surface area contributed by atoms with E-state index in [1.54, 1.807) is 0 Å². The van der Waals surface area contributed by atoms with Crippen LogP contribution >= 0.6 is 24.8 Å². The second-order valence-corrected chi connectivity index (χ2v) is 5.80. The average Bonchev–Trinajstić information content (AvgIpc) is 3.17. The van der Waals surface area contributed by atoms with Crippen molar-refractivity contribution in [1.82, 2.24) is 14.9 Å². The lowest BCUT2D eigenvalue weighted by molar-refractivity contribution is 0.309. The molecule has 1 aromatic heterocycles. The maximum Gasteiger partial charge on any atom is 0.222 e. The van der Waals surface area contributed by atoms with E-state index in [0.29, 0.717) is 17.9 Å². The fraction of sp³-hybridized carbons (Fsp3) is 0.714. The summed E-state index contributed by atoms with van der Waals surface area (Å²) in [6.07, 6.45) is 6.60. The van der Waals surface area contributed by atoms with Crippen molar-refractivity contribution < 1.29 is 0 Å². The van der Waals surface area contributed by atoms with Crippen LogP contribution in [0.1, 0.15) is 25.3 Å². The summed E-state index contributed by atoms with van der Waals surface area (Å²) >= 11 is 0. The third kappa shape index (κ3) is 4.68. The average molecular weight is 334 g/mol. The minimum absolute atomic E-state index is 0. The molecule has 0 aromatic carbocycles. The number of hydrogen-bond acceptors (Lipinski definition) is 5. The zero-order valence-corrected chi connectivity index (χ0v) is 14.0. The number of hydrogen-bond donors (Lipinski definition) is 2. The Kier molecular flexibility index (Phi) is 7.13. The highest BCUT2D eigenvalue weighted by atomic mass is 35.5. The third-order valence-corrected chi connectivity index (χ3v) is 4.16. The maximum atomic E-state index is 6.24. The first-order valence-electron chi connectivity index (χ1n) is 7.29. The van der Waals surface area contributed by atoms with E-state index in [4.69, 9.17) is 5.73 Å². The van der Waals surface area contributed by atoms with Gasteiger partial charge in [0.15, 0.2) is 0 Å². The van der Waals surface area contributed by atoms with Crippen molar-refractivity contribution in [3.05, 3.63) is 18.0 Å². The van der Waals surface area contributed by atoms with Crippen molar-refractivity contribution in [3.8, 4) is 0 Å². The third-order valence-electron chi connectivity index (χ3n) is 4.16. The quantitative estimate of drug-likeness (QED) is 0.861. The van der Waals surface area contributed by atoms with E-state index in [9.17, 15) is 0 Å². The molecule has 0 unspecified atom stereocenters. The normalized spacial score (nSPS) is 25.0. The molecular weight excluding hydrogens is 309 g/mol. The van der Waals surface area contributed by atoms with Crippen molar-refractivity contribution in [2.75, 3.05) is 25.0 Å². The van der Waals surface area contributed by atoms with Crippen molar-refractivity contribution in [2.24, 2.45) is 17.6 Å². The number of aromatic nitrogens is 2. The van der Waals surface area contributed by atoms with Crippen LogP contribution in [-0.4, -0.2) is 40.5 Å². The zero-order chi connectivity index (χ0) is 13.2. The van der Waals surface area contributed by atoms with Crippen LogP contribution in [0.4, 0.5) is 5.95 Å². The highest BCUT2D eigenvalue weighted by Gasteiger charge is 2.40. The van der Waals surface area contributed by atoms with Gasteiger partial charge in [-0.3, -0.25) is 4.90 Å². The molecule has 3 N–H and O–H groups in total. The highest BCUT2D eigenvalue weighted by Crippen LogP contribution is 2.41. The van der Waals surface area contributed by atoms with Gasteiger partial charge in [0.05, 0.1) is 0 Å². The van der Waals surface area contributed by atoms with Crippen LogP contribution < -0.4 is 11.1 Å². The lowest BCUT2D eigenvalue weighted by atomic mass is 9.99. The Hall–Kier alpha value is -0.620. The predicted octanol–water partition coefficient (Wildman–Crippen LogP) is 1.92. The topological polar surface area (TPSA) is 67.1 Å². The van der Waals surface area contributed by atoms with Gasteiger partial charge in [-0.15, -0.1) is 24.8 Å². The molecule has 2 atom stereocenters. The predicted molar refractivity (Wildman–Crippen MR) is 90.2 cm³/mol. The molecule has 2 fully saturated rings. The number of rotatable bonds is 5. The highest BCUT2D eigenvalue weighted by molar-refractivity contribution is 5.85. The van der Waals surface area contributed by atoms with Crippen LogP contribution in [0.5, 0.6) is 0 Å². The molecule has 0 amide bonds. The molecule has 1 aromatic rings. The molecule has 5 nitrogen and oxygen atoms in total. The summed E-state index contributed by atoms with van der Waals surface area (Å²) < 4.78 is 0. The zero-order valence-electron chi connectivity index (χ0n) is 12.4. The van der Waals surface area contributed by atoms with Gasteiger partial charge in [0.1, 0.15) is 0 Å². The largest absolute Gasteiger partial charge is 0.355 e. The second-order valence-electron chi connectivity index (χ2n) is 5.80. The molecule has 7 heteroatoms. The van der Waals surface area contributed by atoms with Crippen LogP contribution in [0.2, 0.25) is 0 Å². The van der Waals surface area contributed by atoms with E-state index in [0.717, 1.165) is 32.1 Å². The maximum absolute atomic E-state index is 6.24. The smallest absolute Gasteiger partial charge is 0.222 e. The van der Waals surface area contributed by atoms with Crippen molar-refractivity contribution in [1.29, 1.82) is 0 Å². The number of likely N-dealkylation sites (tertiary alicyclic amines) is 1. The van der Waals surface area contributed by atoms with E-state index in [-0.39, 0.29) is 24.8 Å². The summed E-state index contributed by atoms with van der Waals surface area (Å²) in [6.45, 7) is 5.96. The Morgan fingerprint density at radius 2 is 1.90 bits per heavy atom. The lowest BCUT2D eigenvalue weighted by Gasteiger charge is -2.15. The minimum Gasteiger partial charge on any atom is -0.355 e. The summed E-state index contributed by atoms with van der Waals surface area (Å²) in [5.74, 6) is 2.31. The number of halogens is 2. The first-order chi connectivity index (χ1) is 9.26. The van der Waals surface area contributed by atoms with Gasteiger partial charge in [0.2, 0.25) is 5.95 Å². The summed E-state index contributed by atoms with van der Waals surface area (Å²) in [4.78, 5) is 11.1. The SMILES string of the molecule is CCNc1ncc(CN2C[C@H](C3CC3)[C@@H](N)C2)cn1.Cl.Cl. The fourth-order valence-corrected chi connectivity index (χ4v) is 3.04. The van der Waals surface area contributed by atoms with Crippen LogP contribution in [0.15, 0.2) is 12.4 Å². The summed E-state index contributed by atoms with van der Waals surface area (Å²) in [6, 6.07) is 0.356. The number of nitrogens with two attached hydrogens (primary N) is 1. The molecule has 0 radical (unpaired) electrons. The Morgan fingerprint density at radius 3 is 2.48 bits per heavy atom. The van der Waals surface area contributed by atoms with Crippen LogP contribution in [0, 0.1) is 11.8 Å². The molecule has 0 spiro atoms. The Balaban J connectivity index is 0.00000110. The molecule has 1 saturated carbocycles. The Bertz CT molecular complexity index is 424. The van der Waals surface area contributed by atoms with E-state index >= 15 is 0 Å². The molecule has 1 saturated heterocycles. The molecule has 120 valence electrons. The molecule has 1 aliphatic heterocycles. The minimum atomic E-state index is 0. The molecule has 21 heavy (non-hydrogen) atoms. The Labute approximate surface area is 138 Å². The first-order valence-corrected chi connectivity index (χ1v) is 7.29. The summed E-state index contributed by atoms with van der Waals surface area (Å²) in [5, 5.41) is 3.11. The Morgan fingerprint density at radius 1 is 1.24 bits per heavy atom. The monoisotopic (exact) mass is 333 g/mol. The van der Waals surface area contributed by atoms with Gasteiger partial charge in [-0.05, 0) is 31.6 Å². The van der Waals surface area contributed by atoms with Gasteiger partial charge < -0.3 is 11.1 Å². The van der Waals surface area contributed by atoms with Crippen molar-refractivity contribution in [2.45, 2.75) is 32.4 Å². The standard InChI is InChI=1S/C14H23N5.2ClH/c1-2-16-14-17-5-10(6-18-14)7-19-8-12(11-3-4-11)13(15)9-19;;/h5-6,11-13H,2-4,7-9,15H2,1H3,(H,16,17,18);2*1H/t12-,13+;;/m1../s1. The van der Waals surface area contributed by atoms with Gasteiger partial charge in [-0.1, -0.05) is 0 Å². The second kappa shape index (κ2) is 8.13. The molecule has 2 heterocycles. The van der Waals surface area contributed by atoms with Gasteiger partial charge >= 0.3 is 0 Å². The van der Waals surface area contributed by atoms with E-state index in [1.807, 2.05) is 19.3 Å². The van der Waals surface area contributed by atoms with E-state index in [2.05, 4.69) is 20.2 Å².